The Hall–Kier alpha value is -2.48. The average molecular weight is 370 g/mol. The minimum atomic E-state index is -0.00219. The summed E-state index contributed by atoms with van der Waals surface area (Å²) in [6, 6.07) is 2.09. The van der Waals surface area contributed by atoms with Crippen LogP contribution in [0.4, 0.5) is 5.82 Å². The lowest BCUT2D eigenvalue weighted by molar-refractivity contribution is 0.0699. The number of anilines is 1. The first-order chi connectivity index (χ1) is 13.1. The summed E-state index contributed by atoms with van der Waals surface area (Å²) in [4.78, 5) is 33.5. The van der Waals surface area contributed by atoms with E-state index in [9.17, 15) is 4.79 Å². The number of piperidine rings is 1. The first-order valence-electron chi connectivity index (χ1n) is 9.59. The lowest BCUT2D eigenvalue weighted by atomic mass is 9.94. The number of hydrogen-bond donors (Lipinski definition) is 1. The molecule has 4 heterocycles. The third-order valence-corrected chi connectivity index (χ3v) is 5.34. The number of rotatable bonds is 3. The van der Waals surface area contributed by atoms with Gasteiger partial charge in [0.2, 0.25) is 0 Å². The molecule has 2 saturated heterocycles. The Balaban J connectivity index is 1.53. The Morgan fingerprint density at radius 1 is 1.22 bits per heavy atom. The van der Waals surface area contributed by atoms with Crippen molar-refractivity contribution < 1.29 is 9.53 Å². The Morgan fingerprint density at radius 3 is 2.78 bits per heavy atom. The molecule has 1 amide bonds. The lowest BCUT2D eigenvalue weighted by Crippen LogP contribution is -2.40. The molecule has 0 spiro atoms. The Morgan fingerprint density at radius 2 is 2.04 bits per heavy atom. The van der Waals surface area contributed by atoms with Crippen LogP contribution in [0.25, 0.3) is 0 Å². The van der Waals surface area contributed by atoms with Crippen molar-refractivity contribution in [3.8, 4) is 0 Å². The Labute approximate surface area is 159 Å². The van der Waals surface area contributed by atoms with Gasteiger partial charge >= 0.3 is 0 Å². The van der Waals surface area contributed by atoms with Crippen molar-refractivity contribution in [3.63, 3.8) is 0 Å². The van der Waals surface area contributed by atoms with Crippen molar-refractivity contribution >= 4 is 11.7 Å². The zero-order chi connectivity index (χ0) is 18.8. The molecule has 2 aromatic heterocycles. The molecular formula is C19H26N6O2. The maximum atomic E-state index is 12.8. The molecule has 144 valence electrons. The van der Waals surface area contributed by atoms with Crippen LogP contribution in [0, 0.1) is 13.8 Å². The normalized spacial score (nSPS) is 20.7. The Kier molecular flexibility index (Phi) is 5.07. The molecular weight excluding hydrogens is 344 g/mol. The number of H-pyrrole nitrogens is 1. The number of amides is 1. The fourth-order valence-electron chi connectivity index (χ4n) is 3.87. The first-order valence-corrected chi connectivity index (χ1v) is 9.59. The minimum absolute atomic E-state index is 0.00219. The van der Waals surface area contributed by atoms with Gasteiger partial charge in [-0.3, -0.25) is 4.79 Å². The summed E-state index contributed by atoms with van der Waals surface area (Å²) in [5.41, 5.74) is 2.36. The number of nitrogens with zero attached hydrogens (tertiary/aromatic N) is 5. The number of morpholine rings is 1. The minimum Gasteiger partial charge on any atom is -0.378 e. The summed E-state index contributed by atoms with van der Waals surface area (Å²) in [6.45, 7) is 8.41. The molecule has 1 N–H and O–H groups in total. The van der Waals surface area contributed by atoms with Gasteiger partial charge < -0.3 is 19.5 Å². The number of hydrogen-bond acceptors (Lipinski definition) is 6. The van der Waals surface area contributed by atoms with Crippen molar-refractivity contribution in [3.05, 3.63) is 35.3 Å². The molecule has 1 atom stereocenters. The molecule has 2 aliphatic heterocycles. The van der Waals surface area contributed by atoms with Gasteiger partial charge in [-0.2, -0.15) is 0 Å². The summed E-state index contributed by atoms with van der Waals surface area (Å²) in [5, 5.41) is 0. The highest BCUT2D eigenvalue weighted by atomic mass is 16.5. The summed E-state index contributed by atoms with van der Waals surface area (Å²) < 4.78 is 5.45. The van der Waals surface area contributed by atoms with E-state index in [0.29, 0.717) is 12.2 Å². The van der Waals surface area contributed by atoms with Crippen LogP contribution in [0.1, 0.15) is 46.5 Å². The van der Waals surface area contributed by atoms with Crippen LogP contribution >= 0.6 is 0 Å². The molecule has 2 aliphatic rings. The highest BCUT2D eigenvalue weighted by Crippen LogP contribution is 2.28. The Bertz CT molecular complexity index is 814. The van der Waals surface area contributed by atoms with Crippen molar-refractivity contribution in [1.82, 2.24) is 24.8 Å². The first kappa shape index (κ1) is 17.9. The second-order valence-corrected chi connectivity index (χ2v) is 7.26. The molecule has 0 unspecified atom stereocenters. The van der Waals surface area contributed by atoms with Gasteiger partial charge in [0.1, 0.15) is 17.3 Å². The van der Waals surface area contributed by atoms with Gasteiger partial charge in [0, 0.05) is 43.9 Å². The fourth-order valence-corrected chi connectivity index (χ4v) is 3.87. The summed E-state index contributed by atoms with van der Waals surface area (Å²) >= 11 is 0. The largest absolute Gasteiger partial charge is 0.378 e. The molecule has 0 bridgehead atoms. The van der Waals surface area contributed by atoms with E-state index in [1.165, 1.54) is 0 Å². The van der Waals surface area contributed by atoms with Gasteiger partial charge in [-0.25, -0.2) is 15.0 Å². The summed E-state index contributed by atoms with van der Waals surface area (Å²) in [7, 11) is 0. The SMILES string of the molecule is Cc1nc([C@@H]2CCCN(C(=O)c3nc[nH]c3C)C2)cc(N2CCOCC2)n1. The molecule has 0 saturated carbocycles. The smallest absolute Gasteiger partial charge is 0.274 e. The summed E-state index contributed by atoms with van der Waals surface area (Å²) in [5.74, 6) is 1.97. The van der Waals surface area contributed by atoms with Crippen LogP contribution in [0.3, 0.4) is 0 Å². The van der Waals surface area contributed by atoms with E-state index in [1.807, 2.05) is 18.7 Å². The number of aromatic nitrogens is 4. The highest BCUT2D eigenvalue weighted by Gasteiger charge is 2.29. The van der Waals surface area contributed by atoms with Crippen LogP contribution in [-0.2, 0) is 4.74 Å². The monoisotopic (exact) mass is 370 g/mol. The number of carbonyl (C=O) groups is 1. The number of imidazole rings is 1. The predicted molar refractivity (Wildman–Crippen MR) is 101 cm³/mol. The van der Waals surface area contributed by atoms with E-state index in [2.05, 4.69) is 25.9 Å². The van der Waals surface area contributed by atoms with Gasteiger partial charge in [0.25, 0.3) is 5.91 Å². The maximum absolute atomic E-state index is 12.8. The molecule has 2 fully saturated rings. The number of aryl methyl sites for hydroxylation is 2. The summed E-state index contributed by atoms with van der Waals surface area (Å²) in [6.07, 6.45) is 3.57. The van der Waals surface area contributed by atoms with E-state index in [-0.39, 0.29) is 11.8 Å². The van der Waals surface area contributed by atoms with Crippen LogP contribution < -0.4 is 4.90 Å². The van der Waals surface area contributed by atoms with Gasteiger partial charge in [-0.1, -0.05) is 0 Å². The third kappa shape index (κ3) is 3.80. The van der Waals surface area contributed by atoms with Crippen molar-refractivity contribution in [1.29, 1.82) is 0 Å². The highest BCUT2D eigenvalue weighted by molar-refractivity contribution is 5.93. The fraction of sp³-hybridized carbons (Fsp3) is 0.579. The zero-order valence-electron chi connectivity index (χ0n) is 15.9. The molecule has 0 aliphatic carbocycles. The van der Waals surface area contributed by atoms with E-state index < -0.39 is 0 Å². The van der Waals surface area contributed by atoms with Crippen molar-refractivity contribution in [2.75, 3.05) is 44.3 Å². The van der Waals surface area contributed by atoms with Gasteiger partial charge in [-0.15, -0.1) is 0 Å². The second-order valence-electron chi connectivity index (χ2n) is 7.26. The van der Waals surface area contributed by atoms with E-state index in [4.69, 9.17) is 9.72 Å². The number of ether oxygens (including phenoxy) is 1. The number of carbonyl (C=O) groups excluding carboxylic acids is 1. The van der Waals surface area contributed by atoms with E-state index >= 15 is 0 Å². The van der Waals surface area contributed by atoms with Crippen molar-refractivity contribution in [2.45, 2.75) is 32.6 Å². The maximum Gasteiger partial charge on any atom is 0.274 e. The number of likely N-dealkylation sites (tertiary alicyclic amines) is 1. The lowest BCUT2D eigenvalue weighted by Gasteiger charge is -2.33. The third-order valence-electron chi connectivity index (χ3n) is 5.34. The van der Waals surface area contributed by atoms with Gasteiger partial charge in [0.05, 0.1) is 25.2 Å². The zero-order valence-corrected chi connectivity index (χ0v) is 15.9. The molecule has 4 rings (SSSR count). The van der Waals surface area contributed by atoms with Crippen LogP contribution in [0.5, 0.6) is 0 Å². The molecule has 0 aromatic carbocycles. The number of aromatic amines is 1. The standard InChI is InChI=1S/C19H26N6O2/c1-13-18(21-12-20-13)19(26)25-5-3-4-15(11-25)16-10-17(23-14(2)22-16)24-6-8-27-9-7-24/h10,12,15H,3-9,11H2,1-2H3,(H,20,21)/t15-/m1/s1. The second kappa shape index (κ2) is 7.64. The molecule has 8 nitrogen and oxygen atoms in total. The predicted octanol–water partition coefficient (Wildman–Crippen LogP) is 1.67. The average Bonchev–Trinajstić information content (AvgIpc) is 3.13. The van der Waals surface area contributed by atoms with Gasteiger partial charge in [0.15, 0.2) is 0 Å². The van der Waals surface area contributed by atoms with Crippen LogP contribution in [-0.4, -0.2) is 70.1 Å². The number of nitrogens with one attached hydrogen (secondary N) is 1. The molecule has 0 radical (unpaired) electrons. The van der Waals surface area contributed by atoms with E-state index in [1.54, 1.807) is 6.33 Å². The molecule has 2 aromatic rings. The van der Waals surface area contributed by atoms with E-state index in [0.717, 1.165) is 68.7 Å². The molecule has 8 heteroatoms. The van der Waals surface area contributed by atoms with Gasteiger partial charge in [-0.05, 0) is 26.7 Å². The topological polar surface area (TPSA) is 87.2 Å². The van der Waals surface area contributed by atoms with Crippen LogP contribution in [0.15, 0.2) is 12.4 Å². The van der Waals surface area contributed by atoms with Crippen LogP contribution in [0.2, 0.25) is 0 Å². The quantitative estimate of drug-likeness (QED) is 0.884. The van der Waals surface area contributed by atoms with Crippen molar-refractivity contribution in [2.24, 2.45) is 0 Å². The molecule has 27 heavy (non-hydrogen) atoms.